The molecule has 0 heterocycles. The number of rotatable bonds is 10. The predicted molar refractivity (Wildman–Crippen MR) is 123 cm³/mol. The lowest BCUT2D eigenvalue weighted by Crippen LogP contribution is -2.37. The third-order valence-corrected chi connectivity index (χ3v) is 7.09. The lowest BCUT2D eigenvalue weighted by Gasteiger charge is -2.24. The lowest BCUT2D eigenvalue weighted by atomic mass is 10.1. The van der Waals surface area contributed by atoms with E-state index in [-0.39, 0.29) is 11.9 Å². The van der Waals surface area contributed by atoms with Gasteiger partial charge in [-0.2, -0.15) is 0 Å². The maximum absolute atomic E-state index is 13.0. The van der Waals surface area contributed by atoms with Crippen molar-refractivity contribution in [3.05, 3.63) is 64.7 Å². The van der Waals surface area contributed by atoms with Crippen LogP contribution in [0, 0.1) is 11.8 Å². The molecule has 2 saturated carbocycles. The van der Waals surface area contributed by atoms with E-state index in [0.29, 0.717) is 0 Å². The standard InChI is InChI=1S/C27H34N2O2/c1-29(27(30)22-8-10-26(11-9-22)31-18-20-4-5-20)25-15-23-7-6-21(14-24(23)16-25)17-28-13-12-19-2-3-19/h6-11,14,19-20,25,28H,2-5,12-13,15-18H2,1H3. The summed E-state index contributed by atoms with van der Waals surface area (Å²) in [5.41, 5.74) is 4.87. The van der Waals surface area contributed by atoms with Gasteiger partial charge in [-0.25, -0.2) is 0 Å². The number of fused-ring (bicyclic) bond motifs is 1. The van der Waals surface area contributed by atoms with E-state index in [1.807, 2.05) is 36.2 Å². The van der Waals surface area contributed by atoms with Crippen molar-refractivity contribution in [1.29, 1.82) is 0 Å². The SMILES string of the molecule is CN(C(=O)c1ccc(OCC2CC2)cc1)C1Cc2ccc(CNCCC3CC3)cc2C1. The number of carbonyl (C=O) groups is 1. The molecule has 1 amide bonds. The number of benzene rings is 2. The number of nitrogens with one attached hydrogen (secondary N) is 1. The van der Waals surface area contributed by atoms with Crippen LogP contribution < -0.4 is 10.1 Å². The highest BCUT2D eigenvalue weighted by atomic mass is 16.5. The van der Waals surface area contributed by atoms with Gasteiger partial charge in [-0.05, 0) is 91.4 Å². The quantitative estimate of drug-likeness (QED) is 0.573. The molecule has 4 heteroatoms. The Labute approximate surface area is 186 Å². The van der Waals surface area contributed by atoms with Crippen molar-refractivity contribution in [3.63, 3.8) is 0 Å². The molecule has 5 rings (SSSR count). The van der Waals surface area contributed by atoms with Crippen molar-refractivity contribution in [2.45, 2.75) is 57.5 Å². The minimum Gasteiger partial charge on any atom is -0.493 e. The van der Waals surface area contributed by atoms with Crippen molar-refractivity contribution >= 4 is 5.91 Å². The van der Waals surface area contributed by atoms with Crippen LogP contribution in [0.2, 0.25) is 0 Å². The summed E-state index contributed by atoms with van der Waals surface area (Å²) in [5.74, 6) is 2.66. The van der Waals surface area contributed by atoms with E-state index in [0.717, 1.165) is 55.7 Å². The number of amides is 1. The largest absolute Gasteiger partial charge is 0.493 e. The Hall–Kier alpha value is -2.33. The summed E-state index contributed by atoms with van der Waals surface area (Å²) in [7, 11) is 1.94. The number of nitrogens with zero attached hydrogens (tertiary/aromatic N) is 1. The first-order valence-corrected chi connectivity index (χ1v) is 12.0. The van der Waals surface area contributed by atoms with Gasteiger partial charge in [0.15, 0.2) is 0 Å². The van der Waals surface area contributed by atoms with E-state index in [4.69, 9.17) is 4.74 Å². The van der Waals surface area contributed by atoms with Crippen LogP contribution in [0.5, 0.6) is 5.75 Å². The van der Waals surface area contributed by atoms with Crippen molar-refractivity contribution in [2.75, 3.05) is 20.2 Å². The topological polar surface area (TPSA) is 41.6 Å². The zero-order valence-electron chi connectivity index (χ0n) is 18.6. The summed E-state index contributed by atoms with van der Waals surface area (Å²) in [6, 6.07) is 14.7. The predicted octanol–water partition coefficient (Wildman–Crippen LogP) is 4.60. The molecule has 2 fully saturated rings. The first-order chi connectivity index (χ1) is 15.2. The fourth-order valence-corrected chi connectivity index (χ4v) is 4.54. The van der Waals surface area contributed by atoms with Gasteiger partial charge in [-0.3, -0.25) is 4.79 Å². The van der Waals surface area contributed by atoms with Gasteiger partial charge in [-0.1, -0.05) is 31.0 Å². The van der Waals surface area contributed by atoms with Gasteiger partial charge in [0, 0.05) is 25.2 Å². The van der Waals surface area contributed by atoms with Crippen molar-refractivity contribution < 1.29 is 9.53 Å². The first kappa shape index (κ1) is 20.6. The summed E-state index contributed by atoms with van der Waals surface area (Å²) < 4.78 is 5.80. The monoisotopic (exact) mass is 418 g/mol. The van der Waals surface area contributed by atoms with E-state index >= 15 is 0 Å². The molecule has 31 heavy (non-hydrogen) atoms. The van der Waals surface area contributed by atoms with Crippen molar-refractivity contribution in [2.24, 2.45) is 11.8 Å². The molecule has 4 nitrogen and oxygen atoms in total. The Morgan fingerprint density at radius 1 is 1.00 bits per heavy atom. The van der Waals surface area contributed by atoms with Crippen molar-refractivity contribution in [1.82, 2.24) is 10.2 Å². The Bertz CT molecular complexity index is 915. The molecule has 1 atom stereocenters. The molecular weight excluding hydrogens is 384 g/mol. The molecule has 0 aromatic heterocycles. The van der Waals surface area contributed by atoms with E-state index in [1.54, 1.807) is 0 Å². The second-order valence-corrected chi connectivity index (χ2v) is 9.77. The van der Waals surface area contributed by atoms with Crippen LogP contribution in [0.4, 0.5) is 0 Å². The van der Waals surface area contributed by atoms with Crippen LogP contribution in [0.25, 0.3) is 0 Å². The average molecular weight is 419 g/mol. The third-order valence-electron chi connectivity index (χ3n) is 7.09. The highest BCUT2D eigenvalue weighted by Crippen LogP contribution is 2.32. The highest BCUT2D eigenvalue weighted by molar-refractivity contribution is 5.94. The van der Waals surface area contributed by atoms with E-state index in [1.165, 1.54) is 48.8 Å². The molecule has 2 aromatic rings. The molecule has 3 aliphatic rings. The average Bonchev–Trinajstić information content (AvgIpc) is 3.73. The fraction of sp³-hybridized carbons (Fsp3) is 0.519. The zero-order valence-corrected chi connectivity index (χ0v) is 18.6. The summed E-state index contributed by atoms with van der Waals surface area (Å²) in [4.78, 5) is 15.0. The van der Waals surface area contributed by atoms with Crippen LogP contribution in [0.15, 0.2) is 42.5 Å². The number of ether oxygens (including phenoxy) is 1. The van der Waals surface area contributed by atoms with Crippen LogP contribution in [-0.2, 0) is 19.4 Å². The molecule has 0 radical (unpaired) electrons. The molecule has 0 spiro atoms. The van der Waals surface area contributed by atoms with Crippen LogP contribution in [0.3, 0.4) is 0 Å². The maximum Gasteiger partial charge on any atom is 0.253 e. The number of carbonyl (C=O) groups excluding carboxylic acids is 1. The van der Waals surface area contributed by atoms with Gasteiger partial charge in [0.05, 0.1) is 6.61 Å². The zero-order chi connectivity index (χ0) is 21.2. The number of hydrogen-bond donors (Lipinski definition) is 1. The molecule has 3 aliphatic carbocycles. The number of likely N-dealkylation sites (N-methyl/N-ethyl adjacent to an activating group) is 1. The van der Waals surface area contributed by atoms with Gasteiger partial charge in [0.1, 0.15) is 5.75 Å². The first-order valence-electron chi connectivity index (χ1n) is 12.0. The van der Waals surface area contributed by atoms with Gasteiger partial charge in [0.25, 0.3) is 5.91 Å². The molecular formula is C27H34N2O2. The summed E-state index contributed by atoms with van der Waals surface area (Å²) >= 11 is 0. The fourth-order valence-electron chi connectivity index (χ4n) is 4.54. The third kappa shape index (κ3) is 5.30. The Kier molecular flexibility index (Phi) is 5.99. The molecule has 1 unspecified atom stereocenters. The summed E-state index contributed by atoms with van der Waals surface area (Å²) in [6.07, 6.45) is 8.60. The molecule has 0 saturated heterocycles. The molecule has 0 bridgehead atoms. The molecule has 0 aliphatic heterocycles. The van der Waals surface area contributed by atoms with Gasteiger partial charge >= 0.3 is 0 Å². The molecule has 2 aromatic carbocycles. The van der Waals surface area contributed by atoms with Crippen LogP contribution >= 0.6 is 0 Å². The van der Waals surface area contributed by atoms with Crippen LogP contribution in [0.1, 0.15) is 59.2 Å². The smallest absolute Gasteiger partial charge is 0.253 e. The highest BCUT2D eigenvalue weighted by Gasteiger charge is 2.28. The van der Waals surface area contributed by atoms with Gasteiger partial charge < -0.3 is 15.0 Å². The minimum absolute atomic E-state index is 0.0912. The normalized spacial score (nSPS) is 19.8. The van der Waals surface area contributed by atoms with E-state index < -0.39 is 0 Å². The van der Waals surface area contributed by atoms with E-state index in [9.17, 15) is 4.79 Å². The van der Waals surface area contributed by atoms with E-state index in [2.05, 4.69) is 23.5 Å². The lowest BCUT2D eigenvalue weighted by molar-refractivity contribution is 0.0737. The molecule has 164 valence electrons. The maximum atomic E-state index is 13.0. The Balaban J connectivity index is 1.14. The van der Waals surface area contributed by atoms with Gasteiger partial charge in [-0.15, -0.1) is 0 Å². The Morgan fingerprint density at radius 2 is 1.74 bits per heavy atom. The minimum atomic E-state index is 0.0912. The summed E-state index contributed by atoms with van der Waals surface area (Å²) in [6.45, 7) is 2.85. The number of hydrogen-bond acceptors (Lipinski definition) is 3. The van der Waals surface area contributed by atoms with Gasteiger partial charge in [0.2, 0.25) is 0 Å². The summed E-state index contributed by atoms with van der Waals surface area (Å²) in [5, 5.41) is 3.59. The second-order valence-electron chi connectivity index (χ2n) is 9.77. The molecule has 1 N–H and O–H groups in total. The second kappa shape index (κ2) is 9.04. The van der Waals surface area contributed by atoms with Crippen LogP contribution in [-0.4, -0.2) is 37.0 Å². The Morgan fingerprint density at radius 3 is 2.48 bits per heavy atom. The van der Waals surface area contributed by atoms with Crippen molar-refractivity contribution in [3.8, 4) is 5.75 Å².